The smallest absolute Gasteiger partial charge is 0.289 e. The molecule has 2 rings (SSSR count). The van der Waals surface area contributed by atoms with Crippen LogP contribution in [0.4, 0.5) is 11.4 Å². The summed E-state index contributed by atoms with van der Waals surface area (Å²) in [7, 11) is 0. The molecule has 112 valence electrons. The van der Waals surface area contributed by atoms with Crippen molar-refractivity contribution < 1.29 is 19.4 Å². The molecular weight excluding hydrogens is 284 g/mol. The molecule has 1 amide bonds. The number of carbonyl (C=O) groups is 1. The highest BCUT2D eigenvalue weighted by Crippen LogP contribution is 2.24. The highest BCUT2D eigenvalue weighted by molar-refractivity contribution is 5.98. The summed E-state index contributed by atoms with van der Waals surface area (Å²) in [5.74, 6) is -0.682. The summed E-state index contributed by atoms with van der Waals surface area (Å²) in [5.41, 5.74) is 1.25. The minimum Gasteiger partial charge on any atom is -0.379 e. The van der Waals surface area contributed by atoms with E-state index in [2.05, 4.69) is 5.43 Å². The molecule has 1 fully saturated rings. The summed E-state index contributed by atoms with van der Waals surface area (Å²) in [6, 6.07) is 2.90. The maximum Gasteiger partial charge on any atom is 0.289 e. The fourth-order valence-corrected chi connectivity index (χ4v) is 1.86. The molecule has 1 saturated heterocycles. The first-order valence-corrected chi connectivity index (χ1v) is 6.05. The highest BCUT2D eigenvalue weighted by atomic mass is 16.6. The van der Waals surface area contributed by atoms with Gasteiger partial charge in [-0.15, -0.1) is 0 Å². The number of morpholine rings is 1. The van der Waals surface area contributed by atoms with Crippen molar-refractivity contribution in [2.75, 3.05) is 26.3 Å². The van der Waals surface area contributed by atoms with Gasteiger partial charge in [0.2, 0.25) is 0 Å². The molecule has 1 N–H and O–H groups in total. The normalized spacial score (nSPS) is 15.4. The number of nitro groups is 2. The zero-order chi connectivity index (χ0) is 15.4. The lowest BCUT2D eigenvalue weighted by molar-refractivity contribution is -0.394. The molecule has 21 heavy (non-hydrogen) atoms. The average molecular weight is 296 g/mol. The fraction of sp³-hybridized carbons (Fsp3) is 0.364. The van der Waals surface area contributed by atoms with E-state index in [9.17, 15) is 25.0 Å². The van der Waals surface area contributed by atoms with Crippen LogP contribution in [0.5, 0.6) is 0 Å². The molecule has 1 aliphatic rings. The highest BCUT2D eigenvalue weighted by Gasteiger charge is 2.25. The number of hydrogen-bond donors (Lipinski definition) is 1. The number of rotatable bonds is 4. The van der Waals surface area contributed by atoms with Crippen LogP contribution in [0, 0.1) is 20.2 Å². The van der Waals surface area contributed by atoms with Gasteiger partial charge in [0, 0.05) is 19.2 Å². The molecule has 1 aliphatic heterocycles. The van der Waals surface area contributed by atoms with Crippen LogP contribution in [-0.4, -0.2) is 47.1 Å². The number of amides is 1. The lowest BCUT2D eigenvalue weighted by Gasteiger charge is -2.26. The molecule has 1 aromatic carbocycles. The van der Waals surface area contributed by atoms with E-state index in [0.717, 1.165) is 18.2 Å². The standard InChI is InChI=1S/C11H12N4O6/c16-11(12-13-3-5-21-6-4-13)9-2-1-8(14(17)18)7-10(9)15(19)20/h1-2,7H,3-6H2,(H,12,16). The Kier molecular flexibility index (Phi) is 4.40. The molecule has 0 aromatic heterocycles. The first kappa shape index (κ1) is 14.8. The van der Waals surface area contributed by atoms with Crippen LogP contribution >= 0.6 is 0 Å². The molecule has 0 aliphatic carbocycles. The van der Waals surface area contributed by atoms with Gasteiger partial charge in [-0.25, -0.2) is 5.01 Å². The van der Waals surface area contributed by atoms with E-state index in [1.807, 2.05) is 0 Å². The number of nitro benzene ring substituents is 2. The lowest BCUT2D eigenvalue weighted by Crippen LogP contribution is -2.48. The fourth-order valence-electron chi connectivity index (χ4n) is 1.86. The first-order chi connectivity index (χ1) is 9.99. The Morgan fingerprint density at radius 2 is 1.86 bits per heavy atom. The monoisotopic (exact) mass is 296 g/mol. The molecular formula is C11H12N4O6. The van der Waals surface area contributed by atoms with Gasteiger partial charge < -0.3 is 4.74 Å². The quantitative estimate of drug-likeness (QED) is 0.632. The Balaban J connectivity index is 2.23. The predicted molar refractivity (Wildman–Crippen MR) is 69.6 cm³/mol. The second kappa shape index (κ2) is 6.24. The van der Waals surface area contributed by atoms with Crippen LogP contribution < -0.4 is 5.43 Å². The van der Waals surface area contributed by atoms with Crippen LogP contribution in [0.15, 0.2) is 18.2 Å². The van der Waals surface area contributed by atoms with Gasteiger partial charge in [-0.3, -0.25) is 30.4 Å². The van der Waals surface area contributed by atoms with E-state index in [1.165, 1.54) is 0 Å². The average Bonchev–Trinajstić information content (AvgIpc) is 2.47. The Hall–Kier alpha value is -2.59. The van der Waals surface area contributed by atoms with Crippen molar-refractivity contribution >= 4 is 17.3 Å². The van der Waals surface area contributed by atoms with Crippen molar-refractivity contribution in [1.29, 1.82) is 0 Å². The van der Waals surface area contributed by atoms with Crippen molar-refractivity contribution in [2.24, 2.45) is 0 Å². The van der Waals surface area contributed by atoms with E-state index >= 15 is 0 Å². The van der Waals surface area contributed by atoms with Crippen LogP contribution in [0.1, 0.15) is 10.4 Å². The molecule has 0 spiro atoms. The number of hydrogen-bond acceptors (Lipinski definition) is 7. The molecule has 1 heterocycles. The van der Waals surface area contributed by atoms with E-state index in [0.29, 0.717) is 26.3 Å². The van der Waals surface area contributed by atoms with Gasteiger partial charge in [0.15, 0.2) is 0 Å². The SMILES string of the molecule is O=C(NN1CCOCC1)c1ccc([N+](=O)[O-])cc1[N+](=O)[O-]. The largest absolute Gasteiger partial charge is 0.379 e. The molecule has 10 heteroatoms. The number of benzene rings is 1. The van der Waals surface area contributed by atoms with Crippen molar-refractivity contribution in [3.63, 3.8) is 0 Å². The van der Waals surface area contributed by atoms with Crippen molar-refractivity contribution in [2.45, 2.75) is 0 Å². The van der Waals surface area contributed by atoms with Crippen molar-refractivity contribution in [3.8, 4) is 0 Å². The third kappa shape index (κ3) is 3.49. The van der Waals surface area contributed by atoms with Crippen LogP contribution in [0.3, 0.4) is 0 Å². The summed E-state index contributed by atoms with van der Waals surface area (Å²) in [6.45, 7) is 1.82. The van der Waals surface area contributed by atoms with Crippen molar-refractivity contribution in [3.05, 3.63) is 44.0 Å². The molecule has 0 radical (unpaired) electrons. The van der Waals surface area contributed by atoms with Crippen LogP contribution in [0.2, 0.25) is 0 Å². The topological polar surface area (TPSA) is 128 Å². The Morgan fingerprint density at radius 1 is 1.19 bits per heavy atom. The van der Waals surface area contributed by atoms with Gasteiger partial charge in [0.1, 0.15) is 5.56 Å². The third-order valence-electron chi connectivity index (χ3n) is 2.90. The molecule has 1 aromatic rings. The third-order valence-corrected chi connectivity index (χ3v) is 2.90. The number of non-ortho nitro benzene ring substituents is 1. The Morgan fingerprint density at radius 3 is 2.43 bits per heavy atom. The number of nitrogens with zero attached hydrogens (tertiary/aromatic N) is 3. The zero-order valence-electron chi connectivity index (χ0n) is 10.9. The van der Waals surface area contributed by atoms with E-state index < -0.39 is 27.1 Å². The molecule has 0 atom stereocenters. The Labute approximate surface area is 118 Å². The molecule has 0 saturated carbocycles. The van der Waals surface area contributed by atoms with Gasteiger partial charge in [-0.05, 0) is 6.07 Å². The van der Waals surface area contributed by atoms with E-state index in [4.69, 9.17) is 4.74 Å². The lowest BCUT2D eigenvalue weighted by atomic mass is 10.1. The van der Waals surface area contributed by atoms with Crippen molar-refractivity contribution in [1.82, 2.24) is 10.4 Å². The van der Waals surface area contributed by atoms with Crippen LogP contribution in [-0.2, 0) is 4.74 Å². The second-order valence-corrected chi connectivity index (χ2v) is 4.26. The van der Waals surface area contributed by atoms with Gasteiger partial charge in [0.05, 0.1) is 29.1 Å². The first-order valence-electron chi connectivity index (χ1n) is 6.05. The minimum atomic E-state index is -0.818. The van der Waals surface area contributed by atoms with Gasteiger partial charge in [-0.1, -0.05) is 0 Å². The molecule has 0 unspecified atom stereocenters. The summed E-state index contributed by atoms with van der Waals surface area (Å²) in [4.78, 5) is 32.1. The summed E-state index contributed by atoms with van der Waals surface area (Å²) in [6.07, 6.45) is 0. The van der Waals surface area contributed by atoms with Gasteiger partial charge >= 0.3 is 0 Å². The summed E-state index contributed by atoms with van der Waals surface area (Å²) < 4.78 is 5.11. The van der Waals surface area contributed by atoms with Gasteiger partial charge in [0.25, 0.3) is 17.3 Å². The molecule has 10 nitrogen and oxygen atoms in total. The van der Waals surface area contributed by atoms with Gasteiger partial charge in [-0.2, -0.15) is 0 Å². The Bertz CT molecular complexity index is 584. The minimum absolute atomic E-state index is 0.225. The predicted octanol–water partition coefficient (Wildman–Crippen LogP) is 0.480. The van der Waals surface area contributed by atoms with E-state index in [1.54, 1.807) is 5.01 Å². The summed E-state index contributed by atoms with van der Waals surface area (Å²) in [5, 5.41) is 23.2. The maximum absolute atomic E-state index is 12.1. The van der Waals surface area contributed by atoms with Crippen LogP contribution in [0.25, 0.3) is 0 Å². The number of nitrogens with one attached hydrogen (secondary N) is 1. The summed E-state index contributed by atoms with van der Waals surface area (Å²) >= 11 is 0. The number of carbonyl (C=O) groups excluding carboxylic acids is 1. The second-order valence-electron chi connectivity index (χ2n) is 4.26. The molecule has 0 bridgehead atoms. The zero-order valence-corrected chi connectivity index (χ0v) is 10.9. The van der Waals surface area contributed by atoms with E-state index in [-0.39, 0.29) is 5.56 Å². The number of hydrazine groups is 1. The number of ether oxygens (including phenoxy) is 1. The maximum atomic E-state index is 12.1.